The van der Waals surface area contributed by atoms with Crippen LogP contribution in [-0.2, 0) is 14.8 Å². The third kappa shape index (κ3) is 4.37. The molecule has 1 N–H and O–H groups in total. The molecule has 2 aromatic carbocycles. The van der Waals surface area contributed by atoms with Crippen molar-refractivity contribution in [1.29, 1.82) is 0 Å². The van der Waals surface area contributed by atoms with E-state index in [1.807, 2.05) is 30.3 Å². The van der Waals surface area contributed by atoms with Crippen molar-refractivity contribution in [2.24, 2.45) is 0 Å². The highest BCUT2D eigenvalue weighted by Gasteiger charge is 2.32. The first-order valence-electron chi connectivity index (χ1n) is 8.89. The van der Waals surface area contributed by atoms with Crippen LogP contribution in [0.1, 0.15) is 0 Å². The Bertz CT molecular complexity index is 946. The van der Waals surface area contributed by atoms with E-state index >= 15 is 0 Å². The van der Waals surface area contributed by atoms with E-state index in [0.29, 0.717) is 19.2 Å². The van der Waals surface area contributed by atoms with Crippen LogP contribution in [0, 0.1) is 11.6 Å². The molecule has 3 rings (SSSR count). The quantitative estimate of drug-likeness (QED) is 0.782. The number of carbonyl (C=O) groups excluding carboxylic acids is 1. The van der Waals surface area contributed by atoms with Crippen molar-refractivity contribution < 1.29 is 26.9 Å². The highest BCUT2D eigenvalue weighted by Crippen LogP contribution is 2.18. The number of sulfonamides is 1. The Morgan fingerprint density at radius 2 is 1.71 bits per heavy atom. The van der Waals surface area contributed by atoms with Crippen LogP contribution < -0.4 is 9.80 Å². The van der Waals surface area contributed by atoms with Crippen LogP contribution in [0.2, 0.25) is 0 Å². The van der Waals surface area contributed by atoms with Crippen LogP contribution in [0.5, 0.6) is 0 Å². The number of halogens is 2. The fraction of sp³-hybridized carbons (Fsp3) is 0.316. The maximum Gasteiger partial charge on any atom is 0.281 e. The normalized spacial score (nSPS) is 16.1. The van der Waals surface area contributed by atoms with Gasteiger partial charge in [-0.2, -0.15) is 4.31 Å². The number of piperazine rings is 1. The Morgan fingerprint density at radius 3 is 2.32 bits per heavy atom. The monoisotopic (exact) mass is 410 g/mol. The molecule has 0 bridgehead atoms. The number of benzene rings is 2. The summed E-state index contributed by atoms with van der Waals surface area (Å²) in [5.74, 6) is -2.34. The van der Waals surface area contributed by atoms with Gasteiger partial charge in [0.1, 0.15) is 0 Å². The molecule has 0 saturated carbocycles. The second-order valence-corrected chi connectivity index (χ2v) is 8.63. The molecule has 1 heterocycles. The molecule has 150 valence electrons. The fourth-order valence-electron chi connectivity index (χ4n) is 3.13. The lowest BCUT2D eigenvalue weighted by Crippen LogP contribution is -3.15. The number of nitrogens with one attached hydrogen (secondary N) is 1. The predicted molar refractivity (Wildman–Crippen MR) is 101 cm³/mol. The predicted octanol–water partition coefficient (Wildman–Crippen LogP) is 0.517. The van der Waals surface area contributed by atoms with Crippen LogP contribution >= 0.6 is 0 Å². The molecular weight excluding hydrogens is 388 g/mol. The van der Waals surface area contributed by atoms with Gasteiger partial charge in [-0.05, 0) is 30.3 Å². The molecule has 1 aliphatic heterocycles. The molecule has 0 spiro atoms. The topological polar surface area (TPSA) is 62.1 Å². The smallest absolute Gasteiger partial charge is 0.281 e. The molecule has 1 amide bonds. The lowest BCUT2D eigenvalue weighted by atomic mass is 10.3. The summed E-state index contributed by atoms with van der Waals surface area (Å²) < 4.78 is 53.0. The van der Waals surface area contributed by atoms with E-state index in [2.05, 4.69) is 0 Å². The Morgan fingerprint density at radius 1 is 1.07 bits per heavy atom. The second kappa shape index (κ2) is 8.34. The highest BCUT2D eigenvalue weighted by atomic mass is 32.2. The Balaban J connectivity index is 1.59. The number of para-hydroxylation sites is 1. The van der Waals surface area contributed by atoms with Gasteiger partial charge in [0, 0.05) is 12.7 Å². The average molecular weight is 410 g/mol. The van der Waals surface area contributed by atoms with Crippen molar-refractivity contribution in [2.75, 3.05) is 44.7 Å². The zero-order valence-electron chi connectivity index (χ0n) is 15.4. The number of amides is 1. The number of nitrogens with zero attached hydrogens (tertiary/aromatic N) is 2. The summed E-state index contributed by atoms with van der Waals surface area (Å²) in [6.07, 6.45) is 0. The minimum absolute atomic E-state index is 0.0573. The number of rotatable bonds is 5. The van der Waals surface area contributed by atoms with Gasteiger partial charge in [-0.25, -0.2) is 17.2 Å². The van der Waals surface area contributed by atoms with Crippen molar-refractivity contribution in [2.45, 2.75) is 4.90 Å². The Labute approximate surface area is 163 Å². The summed E-state index contributed by atoms with van der Waals surface area (Å²) in [6, 6.07) is 11.8. The van der Waals surface area contributed by atoms with Gasteiger partial charge in [0.05, 0.1) is 31.1 Å². The summed E-state index contributed by atoms with van der Waals surface area (Å²) in [7, 11) is -2.19. The maximum atomic E-state index is 13.4. The van der Waals surface area contributed by atoms with E-state index in [0.717, 1.165) is 22.7 Å². The first kappa shape index (κ1) is 20.4. The van der Waals surface area contributed by atoms with E-state index in [9.17, 15) is 22.0 Å². The minimum Gasteiger partial charge on any atom is -0.325 e. The number of likely N-dealkylation sites (N-methyl/N-ethyl adjacent to an activating group) is 1. The first-order valence-corrected chi connectivity index (χ1v) is 10.3. The first-order chi connectivity index (χ1) is 13.3. The van der Waals surface area contributed by atoms with Crippen LogP contribution in [0.4, 0.5) is 14.5 Å². The van der Waals surface area contributed by atoms with Gasteiger partial charge in [-0.3, -0.25) is 4.79 Å². The van der Waals surface area contributed by atoms with E-state index in [-0.39, 0.29) is 30.4 Å². The van der Waals surface area contributed by atoms with Crippen molar-refractivity contribution in [1.82, 2.24) is 4.31 Å². The number of anilines is 1. The Kier molecular flexibility index (Phi) is 6.07. The lowest BCUT2D eigenvalue weighted by Gasteiger charge is -2.32. The summed E-state index contributed by atoms with van der Waals surface area (Å²) >= 11 is 0. The summed E-state index contributed by atoms with van der Waals surface area (Å²) in [5.41, 5.74) is 0.798. The highest BCUT2D eigenvalue weighted by molar-refractivity contribution is 7.89. The third-order valence-corrected chi connectivity index (χ3v) is 6.77. The standard InChI is InChI=1S/C19H21F2N3O3S/c1-22(15-5-3-2-4-6-15)19(25)14-23-9-11-24(12-10-23)28(26,27)16-7-8-17(20)18(21)13-16/h2-8,13H,9-12,14H2,1H3/p+1. The number of carbonyl (C=O) groups is 1. The maximum absolute atomic E-state index is 13.4. The van der Waals surface area contributed by atoms with E-state index in [4.69, 9.17) is 0 Å². The van der Waals surface area contributed by atoms with Crippen LogP contribution in [0.3, 0.4) is 0 Å². The van der Waals surface area contributed by atoms with Gasteiger partial charge in [0.25, 0.3) is 5.91 Å². The summed E-state index contributed by atoms with van der Waals surface area (Å²) in [4.78, 5) is 14.8. The van der Waals surface area contributed by atoms with Crippen LogP contribution in [-0.4, -0.2) is 58.4 Å². The fourth-order valence-corrected chi connectivity index (χ4v) is 4.59. The molecule has 0 radical (unpaired) electrons. The molecule has 28 heavy (non-hydrogen) atoms. The number of quaternary nitrogens is 1. The molecule has 9 heteroatoms. The van der Waals surface area contributed by atoms with Crippen molar-refractivity contribution in [3.05, 3.63) is 60.2 Å². The third-order valence-electron chi connectivity index (χ3n) is 4.88. The molecule has 1 fully saturated rings. The molecule has 0 unspecified atom stereocenters. The summed E-state index contributed by atoms with van der Waals surface area (Å²) in [5, 5.41) is 0. The number of hydrogen-bond donors (Lipinski definition) is 1. The van der Waals surface area contributed by atoms with E-state index in [1.54, 1.807) is 11.9 Å². The molecular formula is C19H22F2N3O3S+. The van der Waals surface area contributed by atoms with Gasteiger partial charge in [-0.1, -0.05) is 18.2 Å². The second-order valence-electron chi connectivity index (χ2n) is 6.70. The SMILES string of the molecule is CN(C(=O)C[NH+]1CCN(S(=O)(=O)c2ccc(F)c(F)c2)CC1)c1ccccc1. The van der Waals surface area contributed by atoms with Crippen molar-refractivity contribution in [3.63, 3.8) is 0 Å². The molecule has 1 aliphatic rings. The molecule has 0 aliphatic carbocycles. The van der Waals surface area contributed by atoms with Gasteiger partial charge >= 0.3 is 0 Å². The lowest BCUT2D eigenvalue weighted by molar-refractivity contribution is -0.895. The average Bonchev–Trinajstić information content (AvgIpc) is 2.70. The van der Waals surface area contributed by atoms with Gasteiger partial charge < -0.3 is 9.80 Å². The van der Waals surface area contributed by atoms with Crippen molar-refractivity contribution in [3.8, 4) is 0 Å². The van der Waals surface area contributed by atoms with Crippen LogP contribution in [0.15, 0.2) is 53.4 Å². The molecule has 2 aromatic rings. The van der Waals surface area contributed by atoms with Gasteiger partial charge in [0.15, 0.2) is 18.2 Å². The summed E-state index contributed by atoms with van der Waals surface area (Å²) in [6.45, 7) is 1.58. The largest absolute Gasteiger partial charge is 0.325 e. The zero-order valence-corrected chi connectivity index (χ0v) is 16.3. The van der Waals surface area contributed by atoms with E-state index in [1.165, 1.54) is 4.31 Å². The molecule has 1 saturated heterocycles. The van der Waals surface area contributed by atoms with Gasteiger partial charge in [-0.15, -0.1) is 0 Å². The Hall–Kier alpha value is -2.36. The molecule has 0 aromatic heterocycles. The van der Waals surface area contributed by atoms with Gasteiger partial charge in [0.2, 0.25) is 10.0 Å². The van der Waals surface area contributed by atoms with Crippen molar-refractivity contribution >= 4 is 21.6 Å². The molecule has 0 atom stereocenters. The zero-order chi connectivity index (χ0) is 20.3. The minimum atomic E-state index is -3.89. The molecule has 6 nitrogen and oxygen atoms in total. The van der Waals surface area contributed by atoms with Crippen LogP contribution in [0.25, 0.3) is 0 Å². The van der Waals surface area contributed by atoms with E-state index < -0.39 is 21.7 Å². The number of hydrogen-bond acceptors (Lipinski definition) is 3.